The summed E-state index contributed by atoms with van der Waals surface area (Å²) in [5.41, 5.74) is 1.90. The maximum Gasteiger partial charge on any atom is 0.295 e. The van der Waals surface area contributed by atoms with Crippen molar-refractivity contribution in [2.24, 2.45) is 5.10 Å². The molecule has 0 bridgehead atoms. The molecule has 0 spiro atoms. The second kappa shape index (κ2) is 11.6. The molecule has 1 aliphatic rings. The third-order valence-corrected chi connectivity index (χ3v) is 5.59. The minimum Gasteiger partial charge on any atom is -0.506 e. The fourth-order valence-corrected chi connectivity index (χ4v) is 3.97. The first kappa shape index (κ1) is 31.3. The predicted molar refractivity (Wildman–Crippen MR) is 124 cm³/mol. The average molecular weight is 545 g/mol. The maximum atomic E-state index is 12.6. The van der Waals surface area contributed by atoms with Gasteiger partial charge in [0.2, 0.25) is 5.78 Å². The second-order valence-electron chi connectivity index (χ2n) is 6.59. The van der Waals surface area contributed by atoms with Crippen LogP contribution in [0.2, 0.25) is 0 Å². The van der Waals surface area contributed by atoms with Crippen molar-refractivity contribution in [1.29, 1.82) is 0 Å². The van der Waals surface area contributed by atoms with Gasteiger partial charge in [0.25, 0.3) is 15.8 Å². The summed E-state index contributed by atoms with van der Waals surface area (Å²) >= 11 is 0. The van der Waals surface area contributed by atoms with Crippen LogP contribution in [0.25, 0.3) is 15.7 Å². The number of benzene rings is 3. The molecular formula is C20H19CrN3O10S. The normalized spacial score (nSPS) is 13.2. The van der Waals surface area contributed by atoms with Gasteiger partial charge in [-0.1, -0.05) is 30.3 Å². The first-order valence-electron chi connectivity index (χ1n) is 8.74. The van der Waals surface area contributed by atoms with Crippen LogP contribution < -0.4 is 5.43 Å². The summed E-state index contributed by atoms with van der Waals surface area (Å²) in [4.78, 5) is 22.2. The van der Waals surface area contributed by atoms with E-state index in [0.717, 1.165) is 17.5 Å². The number of phenolic OH excluding ortho intramolecular Hbond substituents is 1. The number of nitro benzene ring substituents is 1. The van der Waals surface area contributed by atoms with E-state index in [1.165, 1.54) is 12.1 Å². The van der Waals surface area contributed by atoms with Crippen LogP contribution in [0.1, 0.15) is 11.1 Å². The fraction of sp³-hybridized carbons (Fsp3) is 0. The number of nitro groups is 1. The Morgan fingerprint density at radius 3 is 2.26 bits per heavy atom. The van der Waals surface area contributed by atoms with Crippen LogP contribution in [-0.2, 0) is 32.3 Å². The number of carbonyl (C=O) groups excluding carboxylic acids is 1. The molecule has 0 fully saturated rings. The third-order valence-electron chi connectivity index (χ3n) is 4.69. The summed E-state index contributed by atoms with van der Waals surface area (Å²) in [5, 5.41) is 26.8. The van der Waals surface area contributed by atoms with Gasteiger partial charge in [0.15, 0.2) is 0 Å². The molecule has 4 rings (SSSR count). The first-order valence-corrected chi connectivity index (χ1v) is 10.2. The molecule has 0 amide bonds. The molecule has 186 valence electrons. The van der Waals surface area contributed by atoms with Crippen molar-refractivity contribution in [2.45, 2.75) is 0 Å². The van der Waals surface area contributed by atoms with Crippen LogP contribution in [0.4, 0.5) is 11.4 Å². The van der Waals surface area contributed by atoms with E-state index >= 15 is 0 Å². The van der Waals surface area contributed by atoms with Crippen LogP contribution >= 0.6 is 0 Å². The number of hydrogen-bond acceptors (Lipinski definition) is 8. The third kappa shape index (κ3) is 5.88. The Balaban J connectivity index is 0.00000289. The number of carbonyl (C=O) groups is 1. The Labute approximate surface area is 208 Å². The number of ketones is 1. The Morgan fingerprint density at radius 2 is 1.63 bits per heavy atom. The number of rotatable bonds is 4. The molecule has 15 heteroatoms. The summed E-state index contributed by atoms with van der Waals surface area (Å²) in [6, 6.07) is 13.4. The van der Waals surface area contributed by atoms with E-state index in [0.29, 0.717) is 11.5 Å². The van der Waals surface area contributed by atoms with Crippen molar-refractivity contribution in [3.05, 3.63) is 81.9 Å². The van der Waals surface area contributed by atoms with E-state index in [9.17, 15) is 33.0 Å². The number of anilines is 1. The number of nitrogens with one attached hydrogen (secondary N) is 1. The van der Waals surface area contributed by atoms with E-state index < -0.39 is 31.4 Å². The molecule has 9 N–H and O–H groups in total. The zero-order chi connectivity index (χ0) is 22.3. The van der Waals surface area contributed by atoms with Gasteiger partial charge in [-0.2, -0.15) is 13.5 Å². The Hall–Kier alpha value is -3.68. The van der Waals surface area contributed by atoms with E-state index in [-0.39, 0.29) is 62.1 Å². The maximum absolute atomic E-state index is 12.6. The van der Waals surface area contributed by atoms with Crippen molar-refractivity contribution in [3.8, 4) is 5.75 Å². The SMILES string of the molecule is O.O.O.O=C1C=C(S(=O)(=O)O)c2cc([N+](=O)[O-])ccc2C1=NNc1c(O)ccc2ccccc12.[Cr]. The van der Waals surface area contributed by atoms with Crippen LogP contribution in [0, 0.1) is 10.1 Å². The van der Waals surface area contributed by atoms with Crippen molar-refractivity contribution in [1.82, 2.24) is 0 Å². The summed E-state index contributed by atoms with van der Waals surface area (Å²) in [6.45, 7) is 0. The second-order valence-corrected chi connectivity index (χ2v) is 7.98. The van der Waals surface area contributed by atoms with Crippen LogP contribution in [0.5, 0.6) is 5.75 Å². The Morgan fingerprint density at radius 1 is 0.971 bits per heavy atom. The Bertz CT molecular complexity index is 1450. The summed E-state index contributed by atoms with van der Waals surface area (Å²) in [5.74, 6) is -0.981. The van der Waals surface area contributed by atoms with Crippen LogP contribution in [-0.4, -0.2) is 50.9 Å². The summed E-state index contributed by atoms with van der Waals surface area (Å²) in [7, 11) is -4.84. The van der Waals surface area contributed by atoms with Gasteiger partial charge < -0.3 is 21.5 Å². The zero-order valence-corrected chi connectivity index (χ0v) is 19.5. The van der Waals surface area contributed by atoms with Gasteiger partial charge >= 0.3 is 0 Å². The fourth-order valence-electron chi connectivity index (χ4n) is 3.27. The van der Waals surface area contributed by atoms with Crippen molar-refractivity contribution < 1.29 is 61.6 Å². The molecule has 0 aliphatic heterocycles. The predicted octanol–water partition coefficient (Wildman–Crippen LogP) is 0.605. The van der Waals surface area contributed by atoms with Gasteiger partial charge in [-0.25, -0.2) is 0 Å². The van der Waals surface area contributed by atoms with Gasteiger partial charge in [0, 0.05) is 52.1 Å². The molecule has 35 heavy (non-hydrogen) atoms. The monoisotopic (exact) mass is 545 g/mol. The number of nitrogens with zero attached hydrogens (tertiary/aromatic N) is 2. The molecule has 0 atom stereocenters. The number of aromatic hydroxyl groups is 1. The molecule has 0 aromatic heterocycles. The van der Waals surface area contributed by atoms with E-state index in [1.807, 2.05) is 12.1 Å². The smallest absolute Gasteiger partial charge is 0.295 e. The first-order chi connectivity index (χ1) is 14.7. The quantitative estimate of drug-likeness (QED) is 0.181. The summed E-state index contributed by atoms with van der Waals surface area (Å²) < 4.78 is 32.9. The molecule has 0 heterocycles. The van der Waals surface area contributed by atoms with E-state index in [2.05, 4.69) is 10.5 Å². The molecule has 3 aromatic rings. The van der Waals surface area contributed by atoms with Crippen molar-refractivity contribution in [3.63, 3.8) is 0 Å². The number of hydrogen-bond donors (Lipinski definition) is 3. The molecule has 0 saturated carbocycles. The molecule has 0 radical (unpaired) electrons. The van der Waals surface area contributed by atoms with Gasteiger partial charge in [-0.15, -0.1) is 0 Å². The standard InChI is InChI=1S/C20H13N3O7S.Cr.3H2O/c24-16-8-5-11-3-1-2-4-13(11)19(16)21-22-20-14-7-6-12(23(26)27)9-15(14)18(10-17(20)25)31(28,29)30;;;;/h1-10,21,24H,(H,28,29,30);;3*1H2. The van der Waals surface area contributed by atoms with E-state index in [4.69, 9.17) is 0 Å². The van der Waals surface area contributed by atoms with Crippen molar-refractivity contribution >= 4 is 48.7 Å². The number of non-ortho nitro benzene ring substituents is 1. The Kier molecular flexibility index (Phi) is 10.4. The number of phenols is 1. The molecule has 0 unspecified atom stereocenters. The molecule has 3 aromatic carbocycles. The van der Waals surface area contributed by atoms with E-state index in [1.54, 1.807) is 18.2 Å². The van der Waals surface area contributed by atoms with Gasteiger partial charge in [-0.3, -0.25) is 24.9 Å². The van der Waals surface area contributed by atoms with Gasteiger partial charge in [-0.05, 0) is 17.5 Å². The largest absolute Gasteiger partial charge is 0.506 e. The minimum atomic E-state index is -4.84. The topological polar surface area (TPSA) is 254 Å². The molecule has 1 aliphatic carbocycles. The van der Waals surface area contributed by atoms with Crippen LogP contribution in [0.15, 0.2) is 65.8 Å². The number of hydrazone groups is 1. The minimum absolute atomic E-state index is 0. The molecular weight excluding hydrogens is 526 g/mol. The average Bonchev–Trinajstić information content (AvgIpc) is 2.72. The van der Waals surface area contributed by atoms with Crippen molar-refractivity contribution in [2.75, 3.05) is 5.43 Å². The van der Waals surface area contributed by atoms with Crippen LogP contribution in [0.3, 0.4) is 0 Å². The van der Waals surface area contributed by atoms with Gasteiger partial charge in [0.1, 0.15) is 22.1 Å². The number of fused-ring (bicyclic) bond motifs is 2. The zero-order valence-electron chi connectivity index (χ0n) is 17.4. The summed E-state index contributed by atoms with van der Waals surface area (Å²) in [6.07, 6.45) is 0.644. The molecule has 13 nitrogen and oxygen atoms in total. The number of allylic oxidation sites excluding steroid dienone is 1. The molecule has 0 saturated heterocycles. The van der Waals surface area contributed by atoms with Gasteiger partial charge in [0.05, 0.1) is 4.92 Å².